The lowest BCUT2D eigenvalue weighted by Crippen LogP contribution is -2.52. The molecule has 2 aliphatic heterocycles. The molecule has 3 amide bonds. The Bertz CT molecular complexity index is 941. The van der Waals surface area contributed by atoms with Crippen molar-refractivity contribution in [1.82, 2.24) is 19.9 Å². The van der Waals surface area contributed by atoms with Crippen LogP contribution in [0.25, 0.3) is 0 Å². The maximum atomic E-state index is 12.6. The van der Waals surface area contributed by atoms with Crippen LogP contribution >= 0.6 is 23.2 Å². The van der Waals surface area contributed by atoms with E-state index in [1.54, 1.807) is 17.9 Å². The Balaban J connectivity index is 1.39. The molecule has 0 atom stereocenters. The van der Waals surface area contributed by atoms with Gasteiger partial charge in [-0.15, -0.1) is 0 Å². The molecule has 4 rings (SSSR count). The molecule has 0 saturated carbocycles. The number of rotatable bonds is 3. The topological polar surface area (TPSA) is 87.0 Å². The average molecular weight is 423 g/mol. The van der Waals surface area contributed by atoms with Crippen LogP contribution in [0.1, 0.15) is 37.0 Å². The number of piperazine rings is 1. The first-order valence-corrected chi connectivity index (χ1v) is 9.41. The Morgan fingerprint density at radius 2 is 1.61 bits per heavy atom. The number of nitrogens with zero attached hydrogens (tertiary/aromatic N) is 4. The molecule has 0 N–H and O–H groups in total. The Kier molecular flexibility index (Phi) is 4.86. The summed E-state index contributed by atoms with van der Waals surface area (Å²) >= 11 is 11.9. The monoisotopic (exact) mass is 422 g/mol. The van der Waals surface area contributed by atoms with E-state index < -0.39 is 11.8 Å². The second-order valence-electron chi connectivity index (χ2n) is 6.73. The zero-order valence-corrected chi connectivity index (χ0v) is 16.5. The van der Waals surface area contributed by atoms with E-state index in [2.05, 4.69) is 5.16 Å². The number of hydrogen-bond acceptors (Lipinski definition) is 6. The first-order valence-electron chi connectivity index (χ1n) is 8.65. The molecule has 0 spiro atoms. The van der Waals surface area contributed by atoms with Gasteiger partial charge in [-0.05, 0) is 19.1 Å². The standard InChI is InChI=1S/C18H16Cl2N4O4/c1-10-6-15(28-21-10)18(27)23-4-2-22(3-5-23)9-24-16(25)11-7-13(19)14(20)8-12(11)17(24)26/h6-8H,2-5,9H2,1H3. The van der Waals surface area contributed by atoms with Crippen LogP contribution in [0.5, 0.6) is 0 Å². The fraction of sp³-hybridized carbons (Fsp3) is 0.333. The Morgan fingerprint density at radius 1 is 1.04 bits per heavy atom. The van der Waals surface area contributed by atoms with Gasteiger partial charge in [-0.1, -0.05) is 28.4 Å². The summed E-state index contributed by atoms with van der Waals surface area (Å²) in [6, 6.07) is 4.45. The van der Waals surface area contributed by atoms with Crippen LogP contribution < -0.4 is 0 Å². The molecule has 1 aromatic carbocycles. The van der Waals surface area contributed by atoms with Crippen molar-refractivity contribution >= 4 is 40.9 Å². The number of imide groups is 1. The van der Waals surface area contributed by atoms with E-state index in [0.29, 0.717) is 31.9 Å². The Hall–Kier alpha value is -2.42. The number of amides is 3. The van der Waals surface area contributed by atoms with Gasteiger partial charge >= 0.3 is 0 Å². The molecule has 3 heterocycles. The van der Waals surface area contributed by atoms with Crippen molar-refractivity contribution < 1.29 is 18.9 Å². The van der Waals surface area contributed by atoms with E-state index in [9.17, 15) is 14.4 Å². The summed E-state index contributed by atoms with van der Waals surface area (Å²) in [5.41, 5.74) is 1.16. The van der Waals surface area contributed by atoms with E-state index in [1.165, 1.54) is 17.0 Å². The van der Waals surface area contributed by atoms with Crippen molar-refractivity contribution in [2.45, 2.75) is 6.92 Å². The smallest absolute Gasteiger partial charge is 0.292 e. The predicted octanol–water partition coefficient (Wildman–Crippen LogP) is 2.30. The number of aromatic nitrogens is 1. The first kappa shape index (κ1) is 18.9. The quantitative estimate of drug-likeness (QED) is 0.705. The van der Waals surface area contributed by atoms with Crippen molar-refractivity contribution in [3.63, 3.8) is 0 Å². The van der Waals surface area contributed by atoms with Gasteiger partial charge in [-0.2, -0.15) is 0 Å². The molecule has 8 nitrogen and oxygen atoms in total. The summed E-state index contributed by atoms with van der Waals surface area (Å²) < 4.78 is 5.02. The number of hydrogen-bond donors (Lipinski definition) is 0. The summed E-state index contributed by atoms with van der Waals surface area (Å²) in [5.74, 6) is -0.797. The molecule has 0 bridgehead atoms. The lowest BCUT2D eigenvalue weighted by molar-refractivity contribution is 0.0398. The molecule has 1 fully saturated rings. The average Bonchev–Trinajstić information content (AvgIpc) is 3.20. The van der Waals surface area contributed by atoms with Gasteiger partial charge in [-0.3, -0.25) is 24.2 Å². The fourth-order valence-electron chi connectivity index (χ4n) is 3.32. The van der Waals surface area contributed by atoms with Gasteiger partial charge in [0, 0.05) is 32.2 Å². The van der Waals surface area contributed by atoms with Gasteiger partial charge in [0.15, 0.2) is 0 Å². The SMILES string of the molecule is Cc1cc(C(=O)N2CCN(CN3C(=O)c4cc(Cl)c(Cl)cc4C3=O)CC2)on1. The number of benzene rings is 1. The van der Waals surface area contributed by atoms with E-state index in [1.807, 2.05) is 4.90 Å². The third-order valence-corrected chi connectivity index (χ3v) is 5.57. The summed E-state index contributed by atoms with van der Waals surface area (Å²) in [4.78, 5) is 42.4. The second-order valence-corrected chi connectivity index (χ2v) is 7.55. The maximum absolute atomic E-state index is 12.6. The van der Waals surface area contributed by atoms with Crippen molar-refractivity contribution in [3.8, 4) is 0 Å². The normalized spacial score (nSPS) is 17.4. The lowest BCUT2D eigenvalue weighted by Gasteiger charge is -2.35. The first-order chi connectivity index (χ1) is 13.3. The van der Waals surface area contributed by atoms with Crippen LogP contribution in [-0.4, -0.2) is 70.4 Å². The zero-order valence-electron chi connectivity index (χ0n) is 14.9. The molecular weight excluding hydrogens is 407 g/mol. The molecular formula is C18H16Cl2N4O4. The number of carbonyl (C=O) groups excluding carboxylic acids is 3. The zero-order chi connectivity index (χ0) is 20.0. The van der Waals surface area contributed by atoms with Crippen LogP contribution in [0.4, 0.5) is 0 Å². The number of aryl methyl sites for hydroxylation is 1. The molecule has 0 aliphatic carbocycles. The van der Waals surface area contributed by atoms with E-state index in [0.717, 1.165) is 0 Å². The minimum atomic E-state index is -0.394. The number of halogens is 2. The molecule has 146 valence electrons. The van der Waals surface area contributed by atoms with Crippen molar-refractivity contribution in [1.29, 1.82) is 0 Å². The van der Waals surface area contributed by atoms with Gasteiger partial charge in [0.1, 0.15) is 0 Å². The molecule has 0 unspecified atom stereocenters. The summed E-state index contributed by atoms with van der Waals surface area (Å²) in [6.45, 7) is 3.85. The fourth-order valence-corrected chi connectivity index (χ4v) is 3.65. The van der Waals surface area contributed by atoms with Crippen molar-refractivity contribution in [2.75, 3.05) is 32.8 Å². The summed E-state index contributed by atoms with van der Waals surface area (Å²) in [5, 5.41) is 4.20. The van der Waals surface area contributed by atoms with Crippen molar-refractivity contribution in [3.05, 3.63) is 50.8 Å². The van der Waals surface area contributed by atoms with Gasteiger partial charge < -0.3 is 9.42 Å². The van der Waals surface area contributed by atoms with Crippen LogP contribution in [0, 0.1) is 6.92 Å². The van der Waals surface area contributed by atoms with Crippen molar-refractivity contribution in [2.24, 2.45) is 0 Å². The van der Waals surface area contributed by atoms with Crippen LogP contribution in [0.2, 0.25) is 10.0 Å². The Morgan fingerprint density at radius 3 is 2.11 bits per heavy atom. The molecule has 1 saturated heterocycles. The highest BCUT2D eigenvalue weighted by atomic mass is 35.5. The predicted molar refractivity (Wildman–Crippen MR) is 101 cm³/mol. The molecule has 0 radical (unpaired) electrons. The minimum Gasteiger partial charge on any atom is -0.351 e. The Labute approximate surface area is 170 Å². The van der Waals surface area contributed by atoms with Crippen LogP contribution in [0.15, 0.2) is 22.7 Å². The van der Waals surface area contributed by atoms with E-state index in [-0.39, 0.29) is 39.5 Å². The third kappa shape index (κ3) is 3.28. The lowest BCUT2D eigenvalue weighted by atomic mass is 10.1. The van der Waals surface area contributed by atoms with Gasteiger partial charge in [0.05, 0.1) is 33.5 Å². The number of fused-ring (bicyclic) bond motifs is 1. The summed E-state index contributed by atoms with van der Waals surface area (Å²) in [6.07, 6.45) is 0. The highest BCUT2D eigenvalue weighted by Crippen LogP contribution is 2.31. The summed E-state index contributed by atoms with van der Waals surface area (Å²) in [7, 11) is 0. The molecule has 2 aliphatic rings. The highest BCUT2D eigenvalue weighted by molar-refractivity contribution is 6.43. The molecule has 28 heavy (non-hydrogen) atoms. The van der Waals surface area contributed by atoms with Gasteiger partial charge in [-0.25, -0.2) is 0 Å². The number of carbonyl (C=O) groups is 3. The van der Waals surface area contributed by atoms with E-state index >= 15 is 0 Å². The van der Waals surface area contributed by atoms with Gasteiger partial charge in [0.25, 0.3) is 17.7 Å². The second kappa shape index (κ2) is 7.20. The van der Waals surface area contributed by atoms with Crippen LogP contribution in [-0.2, 0) is 0 Å². The maximum Gasteiger partial charge on any atom is 0.292 e. The highest BCUT2D eigenvalue weighted by Gasteiger charge is 2.38. The largest absolute Gasteiger partial charge is 0.351 e. The molecule has 10 heteroatoms. The van der Waals surface area contributed by atoms with E-state index in [4.69, 9.17) is 27.7 Å². The minimum absolute atomic E-state index is 0.144. The van der Waals surface area contributed by atoms with Crippen LogP contribution in [0.3, 0.4) is 0 Å². The third-order valence-electron chi connectivity index (χ3n) is 4.85. The molecule has 2 aromatic rings. The molecule has 1 aromatic heterocycles. The van der Waals surface area contributed by atoms with Gasteiger partial charge in [0.2, 0.25) is 5.76 Å².